The fourth-order valence-electron chi connectivity index (χ4n) is 2.23. The van der Waals surface area contributed by atoms with E-state index in [1.54, 1.807) is 56.3 Å². The van der Waals surface area contributed by atoms with Crippen LogP contribution in [-0.4, -0.2) is 28.6 Å². The lowest BCUT2D eigenvalue weighted by Crippen LogP contribution is -2.25. The normalized spacial score (nSPS) is 11.4. The minimum absolute atomic E-state index is 0. The summed E-state index contributed by atoms with van der Waals surface area (Å²) >= 11 is 5.94. The third-order valence-electron chi connectivity index (χ3n) is 3.46. The van der Waals surface area contributed by atoms with Gasteiger partial charge in [-0.25, -0.2) is 14.8 Å². The molecule has 0 amide bonds. The van der Waals surface area contributed by atoms with E-state index in [4.69, 9.17) is 25.8 Å². The van der Waals surface area contributed by atoms with Crippen molar-refractivity contribution in [3.63, 3.8) is 0 Å². The van der Waals surface area contributed by atoms with Gasteiger partial charge in [-0.15, -0.1) is 12.4 Å². The smallest absolute Gasteiger partial charge is 0.347 e. The molecule has 1 aromatic heterocycles. The first kappa shape index (κ1) is 20.7. The summed E-state index contributed by atoms with van der Waals surface area (Å²) in [5.41, 5.74) is 1.39. The first-order chi connectivity index (χ1) is 12.5. The van der Waals surface area contributed by atoms with Crippen molar-refractivity contribution < 1.29 is 19.0 Å². The van der Waals surface area contributed by atoms with Crippen LogP contribution in [0.25, 0.3) is 11.0 Å². The highest BCUT2D eigenvalue weighted by molar-refractivity contribution is 6.31. The summed E-state index contributed by atoms with van der Waals surface area (Å²) in [7, 11) is 0. The molecule has 0 aliphatic rings. The Hall–Kier alpha value is -2.57. The predicted octanol–water partition coefficient (Wildman–Crippen LogP) is 4.83. The summed E-state index contributed by atoms with van der Waals surface area (Å²) in [6.07, 6.45) is 0.853. The molecule has 0 radical (unpaired) electrons. The van der Waals surface area contributed by atoms with Gasteiger partial charge in [-0.2, -0.15) is 0 Å². The van der Waals surface area contributed by atoms with Crippen LogP contribution in [0.5, 0.6) is 17.4 Å². The molecule has 27 heavy (non-hydrogen) atoms. The SMILES string of the molecule is CCOC(=O)C(C)Oc1ccc(Oc2cnc3cc(Cl)ccc3n2)cc1.Cl. The maximum Gasteiger partial charge on any atom is 0.347 e. The maximum atomic E-state index is 11.6. The Morgan fingerprint density at radius 2 is 1.81 bits per heavy atom. The van der Waals surface area contributed by atoms with Gasteiger partial charge in [0.2, 0.25) is 5.88 Å². The Morgan fingerprint density at radius 1 is 1.11 bits per heavy atom. The number of halogens is 2. The molecule has 0 N–H and O–H groups in total. The number of aromatic nitrogens is 2. The number of benzene rings is 2. The van der Waals surface area contributed by atoms with Gasteiger partial charge < -0.3 is 14.2 Å². The highest BCUT2D eigenvalue weighted by Gasteiger charge is 2.15. The second-order valence-electron chi connectivity index (χ2n) is 5.43. The van der Waals surface area contributed by atoms with Crippen LogP contribution in [0.4, 0.5) is 0 Å². The molecule has 3 aromatic rings. The Labute approximate surface area is 167 Å². The molecule has 0 saturated carbocycles. The van der Waals surface area contributed by atoms with E-state index < -0.39 is 12.1 Å². The number of carbonyl (C=O) groups excluding carboxylic acids is 1. The molecule has 142 valence electrons. The Kier molecular flexibility index (Phi) is 7.21. The van der Waals surface area contributed by atoms with Gasteiger partial charge in [-0.05, 0) is 56.3 Å². The molecule has 6 nitrogen and oxygen atoms in total. The van der Waals surface area contributed by atoms with Crippen molar-refractivity contribution in [2.24, 2.45) is 0 Å². The number of rotatable bonds is 6. The van der Waals surface area contributed by atoms with Crippen LogP contribution < -0.4 is 9.47 Å². The van der Waals surface area contributed by atoms with Crippen molar-refractivity contribution in [3.05, 3.63) is 53.7 Å². The van der Waals surface area contributed by atoms with Gasteiger partial charge in [0.05, 0.1) is 23.8 Å². The summed E-state index contributed by atoms with van der Waals surface area (Å²) in [5, 5.41) is 0.605. The van der Waals surface area contributed by atoms with Crippen LogP contribution in [0.1, 0.15) is 13.8 Å². The summed E-state index contributed by atoms with van der Waals surface area (Å²) in [4.78, 5) is 20.3. The highest BCUT2D eigenvalue weighted by atomic mass is 35.5. The van der Waals surface area contributed by atoms with Gasteiger partial charge in [-0.1, -0.05) is 11.6 Å². The molecule has 3 rings (SSSR count). The molecular weight excluding hydrogens is 391 g/mol. The van der Waals surface area contributed by atoms with Gasteiger partial charge in [0.1, 0.15) is 11.5 Å². The van der Waals surface area contributed by atoms with Crippen LogP contribution in [0, 0.1) is 0 Å². The molecule has 2 aromatic carbocycles. The van der Waals surface area contributed by atoms with Crippen LogP contribution in [0.3, 0.4) is 0 Å². The van der Waals surface area contributed by atoms with E-state index in [9.17, 15) is 4.79 Å². The molecule has 1 heterocycles. The predicted molar refractivity (Wildman–Crippen MR) is 105 cm³/mol. The standard InChI is InChI=1S/C19H17ClN2O4.ClH/c1-3-24-19(23)12(2)25-14-5-7-15(8-6-14)26-18-11-21-17-10-13(20)4-9-16(17)22-18;/h4-12H,3H2,1-2H3;1H. The lowest BCUT2D eigenvalue weighted by atomic mass is 10.3. The van der Waals surface area contributed by atoms with E-state index in [0.717, 1.165) is 0 Å². The lowest BCUT2D eigenvalue weighted by Gasteiger charge is -2.13. The molecule has 1 atom stereocenters. The third kappa shape index (κ3) is 5.45. The Morgan fingerprint density at radius 3 is 2.52 bits per heavy atom. The van der Waals surface area contributed by atoms with E-state index in [1.165, 1.54) is 6.20 Å². The minimum atomic E-state index is -0.681. The zero-order chi connectivity index (χ0) is 18.5. The van der Waals surface area contributed by atoms with E-state index in [2.05, 4.69) is 9.97 Å². The van der Waals surface area contributed by atoms with Crippen LogP contribution in [-0.2, 0) is 9.53 Å². The number of ether oxygens (including phenoxy) is 3. The van der Waals surface area contributed by atoms with Crippen molar-refractivity contribution in [2.45, 2.75) is 20.0 Å². The van der Waals surface area contributed by atoms with E-state index in [0.29, 0.717) is 40.0 Å². The summed E-state index contributed by atoms with van der Waals surface area (Å²) in [6, 6.07) is 12.1. The molecule has 0 aliphatic heterocycles. The first-order valence-electron chi connectivity index (χ1n) is 8.08. The number of fused-ring (bicyclic) bond motifs is 1. The zero-order valence-electron chi connectivity index (χ0n) is 14.7. The molecule has 0 fully saturated rings. The molecule has 0 bridgehead atoms. The second kappa shape index (κ2) is 9.39. The summed E-state index contributed by atoms with van der Waals surface area (Å²) < 4.78 is 16.2. The van der Waals surface area contributed by atoms with Gasteiger partial charge in [0.25, 0.3) is 0 Å². The zero-order valence-corrected chi connectivity index (χ0v) is 16.3. The topological polar surface area (TPSA) is 70.5 Å². The number of carbonyl (C=O) groups is 1. The van der Waals surface area contributed by atoms with E-state index >= 15 is 0 Å². The summed E-state index contributed by atoms with van der Waals surface area (Å²) in [6.45, 7) is 3.71. The van der Waals surface area contributed by atoms with E-state index in [-0.39, 0.29) is 12.4 Å². The van der Waals surface area contributed by atoms with Gasteiger partial charge in [-0.3, -0.25) is 0 Å². The van der Waals surface area contributed by atoms with Gasteiger partial charge >= 0.3 is 5.97 Å². The number of hydrogen-bond acceptors (Lipinski definition) is 6. The molecule has 8 heteroatoms. The van der Waals surface area contributed by atoms with E-state index in [1.807, 2.05) is 0 Å². The average Bonchev–Trinajstić information content (AvgIpc) is 2.63. The lowest BCUT2D eigenvalue weighted by molar-refractivity contribution is -0.150. The van der Waals surface area contributed by atoms with Crippen molar-refractivity contribution in [1.82, 2.24) is 9.97 Å². The minimum Gasteiger partial charge on any atom is -0.479 e. The second-order valence-corrected chi connectivity index (χ2v) is 5.86. The largest absolute Gasteiger partial charge is 0.479 e. The maximum absolute atomic E-state index is 11.6. The molecule has 0 aliphatic carbocycles. The third-order valence-corrected chi connectivity index (χ3v) is 3.69. The molecule has 0 spiro atoms. The van der Waals surface area contributed by atoms with Crippen molar-refractivity contribution in [1.29, 1.82) is 0 Å². The molecule has 0 saturated heterocycles. The van der Waals surface area contributed by atoms with Crippen molar-refractivity contribution in [2.75, 3.05) is 6.61 Å². The van der Waals surface area contributed by atoms with Gasteiger partial charge in [0.15, 0.2) is 6.10 Å². The number of nitrogens with zero attached hydrogens (tertiary/aromatic N) is 2. The summed E-state index contributed by atoms with van der Waals surface area (Å²) in [5.74, 6) is 1.08. The van der Waals surface area contributed by atoms with Crippen molar-refractivity contribution >= 4 is 41.0 Å². The number of hydrogen-bond donors (Lipinski definition) is 0. The highest BCUT2D eigenvalue weighted by Crippen LogP contribution is 2.24. The fraction of sp³-hybridized carbons (Fsp3) is 0.211. The van der Waals surface area contributed by atoms with Crippen molar-refractivity contribution in [3.8, 4) is 17.4 Å². The molecular formula is C19H18Cl2N2O4. The number of esters is 1. The average molecular weight is 409 g/mol. The van der Waals surface area contributed by atoms with Gasteiger partial charge in [0, 0.05) is 5.02 Å². The Bertz CT molecular complexity index is 919. The molecule has 1 unspecified atom stereocenters. The van der Waals surface area contributed by atoms with Crippen LogP contribution in [0.2, 0.25) is 5.02 Å². The van der Waals surface area contributed by atoms with Crippen LogP contribution >= 0.6 is 24.0 Å². The quantitative estimate of drug-likeness (QED) is 0.544. The monoisotopic (exact) mass is 408 g/mol. The first-order valence-corrected chi connectivity index (χ1v) is 8.46. The van der Waals surface area contributed by atoms with Crippen LogP contribution in [0.15, 0.2) is 48.7 Å². The Balaban J connectivity index is 0.00000261. The fourth-order valence-corrected chi connectivity index (χ4v) is 2.40.